The lowest BCUT2D eigenvalue weighted by Gasteiger charge is -2.34. The number of hydrogen-bond acceptors (Lipinski definition) is 3. The van der Waals surface area contributed by atoms with Crippen molar-refractivity contribution in [3.8, 4) is 0 Å². The lowest BCUT2D eigenvalue weighted by Crippen LogP contribution is -2.43. The van der Waals surface area contributed by atoms with Gasteiger partial charge in [0.25, 0.3) is 0 Å². The van der Waals surface area contributed by atoms with Gasteiger partial charge in [-0.2, -0.15) is 0 Å². The third kappa shape index (κ3) is 1.27. The molecule has 0 bridgehead atoms. The topological polar surface area (TPSA) is 52.0 Å². The number of benzene rings is 1. The molecule has 0 saturated heterocycles. The fraction of sp³-hybridized carbons (Fsp3) is 0.364. The van der Waals surface area contributed by atoms with Gasteiger partial charge in [-0.15, -0.1) is 0 Å². The summed E-state index contributed by atoms with van der Waals surface area (Å²) in [6, 6.07) is 5.54. The monoisotopic (exact) mass is 222 g/mol. The number of hydrogen-bond donors (Lipinski definition) is 1. The Bertz CT molecular complexity index is 516. The van der Waals surface area contributed by atoms with E-state index in [0.717, 1.165) is 24.8 Å². The van der Waals surface area contributed by atoms with E-state index >= 15 is 0 Å². The Balaban J connectivity index is 2.18. The van der Waals surface area contributed by atoms with Crippen molar-refractivity contribution in [3.05, 3.63) is 29.1 Å². The Morgan fingerprint density at radius 1 is 1.40 bits per heavy atom. The quantitative estimate of drug-likeness (QED) is 0.807. The maximum atomic E-state index is 6.14. The van der Waals surface area contributed by atoms with Crippen molar-refractivity contribution in [3.63, 3.8) is 0 Å². The molecule has 0 aliphatic heterocycles. The second kappa shape index (κ2) is 2.97. The highest BCUT2D eigenvalue weighted by Gasteiger charge is 2.39. The first kappa shape index (κ1) is 9.19. The molecule has 0 radical (unpaired) electrons. The zero-order valence-corrected chi connectivity index (χ0v) is 8.92. The number of nitrogens with two attached hydrogens (primary N) is 1. The molecule has 1 aromatic heterocycles. The van der Waals surface area contributed by atoms with Gasteiger partial charge < -0.3 is 10.2 Å². The second-order valence-electron chi connectivity index (χ2n) is 4.12. The SMILES string of the molecule is NC1(c2nc3cccc(Cl)c3o2)CCC1. The molecular weight excluding hydrogens is 212 g/mol. The molecule has 1 aliphatic carbocycles. The van der Waals surface area contributed by atoms with Gasteiger partial charge in [0.05, 0.1) is 10.6 Å². The fourth-order valence-corrected chi connectivity index (χ4v) is 2.11. The van der Waals surface area contributed by atoms with Crippen molar-refractivity contribution < 1.29 is 4.42 Å². The van der Waals surface area contributed by atoms with Gasteiger partial charge in [0, 0.05) is 0 Å². The van der Waals surface area contributed by atoms with Crippen LogP contribution in [0.4, 0.5) is 0 Å². The highest BCUT2D eigenvalue weighted by Crippen LogP contribution is 2.40. The molecule has 78 valence electrons. The molecule has 0 spiro atoms. The van der Waals surface area contributed by atoms with Crippen LogP contribution in [0.15, 0.2) is 22.6 Å². The predicted octanol–water partition coefficient (Wildman–Crippen LogP) is 2.82. The normalized spacial score (nSPS) is 19.1. The van der Waals surface area contributed by atoms with Crippen molar-refractivity contribution in [1.82, 2.24) is 4.98 Å². The Labute approximate surface area is 92.2 Å². The Hall–Kier alpha value is -1.06. The molecule has 0 atom stereocenters. The molecule has 3 rings (SSSR count). The number of oxazole rings is 1. The minimum atomic E-state index is -0.359. The highest BCUT2D eigenvalue weighted by molar-refractivity contribution is 6.34. The summed E-state index contributed by atoms with van der Waals surface area (Å²) in [4.78, 5) is 4.39. The standard InChI is InChI=1S/C11H11ClN2O/c12-7-3-1-4-8-9(7)15-10(14-8)11(13)5-2-6-11/h1,3-4H,2,5-6,13H2. The molecule has 0 unspecified atom stereocenters. The molecule has 3 nitrogen and oxygen atoms in total. The number of halogens is 1. The Morgan fingerprint density at radius 2 is 2.20 bits per heavy atom. The van der Waals surface area contributed by atoms with E-state index < -0.39 is 0 Å². The zero-order valence-electron chi connectivity index (χ0n) is 8.16. The van der Waals surface area contributed by atoms with E-state index in [1.54, 1.807) is 6.07 Å². The van der Waals surface area contributed by atoms with E-state index in [1.165, 1.54) is 0 Å². The molecule has 1 aromatic carbocycles. The first-order valence-electron chi connectivity index (χ1n) is 5.03. The average molecular weight is 223 g/mol. The third-order valence-corrected chi connectivity index (χ3v) is 3.34. The van der Waals surface area contributed by atoms with Gasteiger partial charge >= 0.3 is 0 Å². The second-order valence-corrected chi connectivity index (χ2v) is 4.52. The van der Waals surface area contributed by atoms with E-state index in [1.807, 2.05) is 12.1 Å². The number of aromatic nitrogens is 1. The van der Waals surface area contributed by atoms with Crippen molar-refractivity contribution in [1.29, 1.82) is 0 Å². The van der Waals surface area contributed by atoms with E-state index in [0.29, 0.717) is 16.5 Å². The first-order chi connectivity index (χ1) is 7.19. The van der Waals surface area contributed by atoms with Crippen LogP contribution in [0.1, 0.15) is 25.2 Å². The van der Waals surface area contributed by atoms with Crippen LogP contribution in [-0.4, -0.2) is 4.98 Å². The highest BCUT2D eigenvalue weighted by atomic mass is 35.5. The van der Waals surface area contributed by atoms with Crippen molar-refractivity contribution in [2.24, 2.45) is 5.73 Å². The predicted molar refractivity (Wildman–Crippen MR) is 58.7 cm³/mol. The summed E-state index contributed by atoms with van der Waals surface area (Å²) in [5.74, 6) is 0.622. The molecule has 1 fully saturated rings. The number of para-hydroxylation sites is 1. The fourth-order valence-electron chi connectivity index (χ4n) is 1.90. The molecule has 1 aliphatic rings. The van der Waals surface area contributed by atoms with Gasteiger partial charge in [0.1, 0.15) is 5.52 Å². The summed E-state index contributed by atoms with van der Waals surface area (Å²) in [7, 11) is 0. The summed E-state index contributed by atoms with van der Waals surface area (Å²) in [5.41, 5.74) is 7.21. The van der Waals surface area contributed by atoms with Gasteiger partial charge in [-0.3, -0.25) is 0 Å². The molecule has 2 aromatic rings. The van der Waals surface area contributed by atoms with Crippen molar-refractivity contribution in [2.45, 2.75) is 24.8 Å². The van der Waals surface area contributed by atoms with E-state index in [4.69, 9.17) is 21.8 Å². The van der Waals surface area contributed by atoms with Crippen LogP contribution >= 0.6 is 11.6 Å². The molecule has 0 amide bonds. The summed E-state index contributed by atoms with van der Waals surface area (Å²) in [6.07, 6.45) is 3.03. The van der Waals surface area contributed by atoms with Crippen LogP contribution in [0.25, 0.3) is 11.1 Å². The molecule has 4 heteroatoms. The largest absolute Gasteiger partial charge is 0.437 e. The average Bonchev–Trinajstić information content (AvgIpc) is 2.59. The molecule has 1 saturated carbocycles. The van der Waals surface area contributed by atoms with Gasteiger partial charge in [-0.05, 0) is 31.4 Å². The third-order valence-electron chi connectivity index (χ3n) is 3.04. The van der Waals surface area contributed by atoms with Crippen LogP contribution in [0.5, 0.6) is 0 Å². The molecule has 2 N–H and O–H groups in total. The Kier molecular flexibility index (Phi) is 1.82. The molecule has 1 heterocycles. The van der Waals surface area contributed by atoms with Crippen LogP contribution in [0.3, 0.4) is 0 Å². The summed E-state index contributed by atoms with van der Waals surface area (Å²) in [6.45, 7) is 0. The van der Waals surface area contributed by atoms with Crippen LogP contribution in [0.2, 0.25) is 5.02 Å². The number of fused-ring (bicyclic) bond motifs is 1. The smallest absolute Gasteiger partial charge is 0.215 e. The maximum absolute atomic E-state index is 6.14. The molecular formula is C11H11ClN2O. The van der Waals surface area contributed by atoms with Crippen LogP contribution in [-0.2, 0) is 5.54 Å². The number of rotatable bonds is 1. The molecule has 15 heavy (non-hydrogen) atoms. The summed E-state index contributed by atoms with van der Waals surface area (Å²) < 4.78 is 5.64. The minimum Gasteiger partial charge on any atom is -0.437 e. The first-order valence-corrected chi connectivity index (χ1v) is 5.41. The van der Waals surface area contributed by atoms with Crippen LogP contribution < -0.4 is 5.73 Å². The lowest BCUT2D eigenvalue weighted by molar-refractivity contribution is 0.203. The lowest BCUT2D eigenvalue weighted by atomic mass is 9.78. The van der Waals surface area contributed by atoms with Gasteiger partial charge in [0.2, 0.25) is 5.89 Å². The van der Waals surface area contributed by atoms with Gasteiger partial charge in [-0.25, -0.2) is 4.98 Å². The van der Waals surface area contributed by atoms with E-state index in [-0.39, 0.29) is 5.54 Å². The maximum Gasteiger partial charge on any atom is 0.215 e. The van der Waals surface area contributed by atoms with Crippen LogP contribution in [0, 0.1) is 0 Å². The Morgan fingerprint density at radius 3 is 2.80 bits per heavy atom. The summed E-state index contributed by atoms with van der Waals surface area (Å²) >= 11 is 6.01. The zero-order chi connectivity index (χ0) is 10.5. The minimum absolute atomic E-state index is 0.359. The van der Waals surface area contributed by atoms with E-state index in [2.05, 4.69) is 4.98 Å². The van der Waals surface area contributed by atoms with Gasteiger partial charge in [0.15, 0.2) is 5.58 Å². The number of nitrogens with zero attached hydrogens (tertiary/aromatic N) is 1. The summed E-state index contributed by atoms with van der Waals surface area (Å²) in [5, 5.41) is 0.592. The van der Waals surface area contributed by atoms with Crippen molar-refractivity contribution >= 4 is 22.7 Å². The van der Waals surface area contributed by atoms with E-state index in [9.17, 15) is 0 Å². The van der Waals surface area contributed by atoms with Crippen molar-refractivity contribution in [2.75, 3.05) is 0 Å². The van der Waals surface area contributed by atoms with Gasteiger partial charge in [-0.1, -0.05) is 17.7 Å².